The topological polar surface area (TPSA) is 85.2 Å². The van der Waals surface area contributed by atoms with E-state index >= 15 is 0 Å². The van der Waals surface area contributed by atoms with Gasteiger partial charge in [0.2, 0.25) is 0 Å². The lowest BCUT2D eigenvalue weighted by Gasteiger charge is -2.28. The van der Waals surface area contributed by atoms with Gasteiger partial charge < -0.3 is 24.4 Å². The highest BCUT2D eigenvalue weighted by Crippen LogP contribution is 2.44. The summed E-state index contributed by atoms with van der Waals surface area (Å²) < 4.78 is 16.7. The van der Waals surface area contributed by atoms with E-state index in [1.807, 2.05) is 6.07 Å². The van der Waals surface area contributed by atoms with Crippen molar-refractivity contribution in [3.63, 3.8) is 0 Å². The predicted octanol–water partition coefficient (Wildman–Crippen LogP) is 6.06. The zero-order chi connectivity index (χ0) is 24.1. The summed E-state index contributed by atoms with van der Waals surface area (Å²) in [7, 11) is 2.99. The number of phenols is 2. The maximum Gasteiger partial charge on any atom is 0.174 e. The molecule has 0 spiro atoms. The molecule has 176 valence electrons. The largest absolute Gasteiger partial charge is 0.507 e. The minimum Gasteiger partial charge on any atom is -0.507 e. The molecule has 1 aliphatic rings. The average molecular weight is 453 g/mol. The van der Waals surface area contributed by atoms with Gasteiger partial charge in [0, 0.05) is 23.3 Å². The van der Waals surface area contributed by atoms with E-state index in [1.54, 1.807) is 12.1 Å². The Labute approximate surface area is 195 Å². The highest BCUT2D eigenvalue weighted by atomic mass is 16.5. The fourth-order valence-electron chi connectivity index (χ4n) is 3.98. The Morgan fingerprint density at radius 1 is 1.12 bits per heavy atom. The summed E-state index contributed by atoms with van der Waals surface area (Å²) in [5.41, 5.74) is 4.02. The fraction of sp³-hybridized carbons (Fsp3) is 0.370. The van der Waals surface area contributed by atoms with Gasteiger partial charge in [0.15, 0.2) is 17.3 Å². The molecule has 2 aromatic carbocycles. The Morgan fingerprint density at radius 2 is 1.88 bits per heavy atom. The number of ether oxygens (including phenoxy) is 3. The SMILES string of the molecule is COc1cc(O)c2c(c1)O[C@H](c1ccc(OC)c(O)c1CC=C(C)CCC=C(C)C)CC2=O. The highest BCUT2D eigenvalue weighted by Gasteiger charge is 2.33. The van der Waals surface area contributed by atoms with Crippen LogP contribution in [0.25, 0.3) is 0 Å². The number of phenolic OH excluding ortho intramolecular Hbond substituents is 2. The third kappa shape index (κ3) is 5.51. The third-order valence-corrected chi connectivity index (χ3v) is 5.80. The minimum absolute atomic E-state index is 0.0404. The molecular weight excluding hydrogens is 420 g/mol. The Kier molecular flexibility index (Phi) is 7.69. The molecule has 2 N–H and O–H groups in total. The number of ketones is 1. The summed E-state index contributed by atoms with van der Waals surface area (Å²) in [5.74, 6) is 0.678. The summed E-state index contributed by atoms with van der Waals surface area (Å²) in [6.45, 7) is 6.23. The number of methoxy groups -OCH3 is 2. The van der Waals surface area contributed by atoms with Gasteiger partial charge in [-0.15, -0.1) is 0 Å². The van der Waals surface area contributed by atoms with E-state index in [0.29, 0.717) is 29.0 Å². The van der Waals surface area contributed by atoms with Crippen LogP contribution in [-0.2, 0) is 6.42 Å². The van der Waals surface area contributed by atoms with Crippen molar-refractivity contribution in [2.45, 2.75) is 52.6 Å². The Morgan fingerprint density at radius 3 is 2.55 bits per heavy atom. The normalized spacial score (nSPS) is 15.5. The van der Waals surface area contributed by atoms with Crippen molar-refractivity contribution in [3.05, 3.63) is 64.3 Å². The summed E-state index contributed by atoms with van der Waals surface area (Å²) in [5, 5.41) is 21.1. The zero-order valence-electron chi connectivity index (χ0n) is 19.9. The number of allylic oxidation sites excluding steroid dienone is 4. The Hall–Kier alpha value is -3.41. The van der Waals surface area contributed by atoms with Crippen LogP contribution < -0.4 is 14.2 Å². The molecule has 0 aliphatic carbocycles. The highest BCUT2D eigenvalue weighted by molar-refractivity contribution is 6.02. The zero-order valence-corrected chi connectivity index (χ0v) is 19.9. The molecule has 33 heavy (non-hydrogen) atoms. The van der Waals surface area contributed by atoms with E-state index < -0.39 is 6.10 Å². The number of carbonyl (C=O) groups is 1. The molecule has 1 heterocycles. The molecule has 2 aromatic rings. The van der Waals surface area contributed by atoms with Crippen molar-refractivity contribution in [3.8, 4) is 28.7 Å². The van der Waals surface area contributed by atoms with E-state index in [0.717, 1.165) is 12.8 Å². The van der Waals surface area contributed by atoms with Gasteiger partial charge in [-0.2, -0.15) is 0 Å². The molecule has 1 aliphatic heterocycles. The van der Waals surface area contributed by atoms with Gasteiger partial charge in [-0.05, 0) is 46.1 Å². The quantitative estimate of drug-likeness (QED) is 0.474. The summed E-state index contributed by atoms with van der Waals surface area (Å²) >= 11 is 0. The molecule has 6 heteroatoms. The van der Waals surface area contributed by atoms with Crippen LogP contribution in [0.5, 0.6) is 28.7 Å². The number of benzene rings is 2. The molecule has 0 amide bonds. The van der Waals surface area contributed by atoms with Gasteiger partial charge >= 0.3 is 0 Å². The van der Waals surface area contributed by atoms with Crippen LogP contribution in [0.4, 0.5) is 0 Å². The van der Waals surface area contributed by atoms with Crippen molar-refractivity contribution in [1.29, 1.82) is 0 Å². The molecular formula is C27H32O6. The van der Waals surface area contributed by atoms with Gasteiger partial charge in [0.1, 0.15) is 28.9 Å². The van der Waals surface area contributed by atoms with Crippen molar-refractivity contribution in [2.24, 2.45) is 0 Å². The number of hydrogen-bond donors (Lipinski definition) is 2. The first kappa shape index (κ1) is 24.2. The first-order valence-corrected chi connectivity index (χ1v) is 11.0. The lowest BCUT2D eigenvalue weighted by Crippen LogP contribution is -2.21. The monoisotopic (exact) mass is 452 g/mol. The first-order valence-electron chi connectivity index (χ1n) is 11.0. The molecule has 1 atom stereocenters. The van der Waals surface area contributed by atoms with Gasteiger partial charge in [0.25, 0.3) is 0 Å². The summed E-state index contributed by atoms with van der Waals surface area (Å²) in [4.78, 5) is 12.9. The van der Waals surface area contributed by atoms with Crippen molar-refractivity contribution >= 4 is 5.78 Å². The van der Waals surface area contributed by atoms with Gasteiger partial charge in [-0.3, -0.25) is 4.79 Å². The summed E-state index contributed by atoms with van der Waals surface area (Å²) in [6, 6.07) is 6.48. The van der Waals surface area contributed by atoms with E-state index in [4.69, 9.17) is 14.2 Å². The van der Waals surface area contributed by atoms with Gasteiger partial charge in [-0.25, -0.2) is 0 Å². The molecule has 0 aromatic heterocycles. The predicted molar refractivity (Wildman–Crippen MR) is 128 cm³/mol. The van der Waals surface area contributed by atoms with Crippen molar-refractivity contribution in [1.82, 2.24) is 0 Å². The number of hydrogen-bond acceptors (Lipinski definition) is 6. The van der Waals surface area contributed by atoms with E-state index in [1.165, 1.54) is 31.4 Å². The second-order valence-electron chi connectivity index (χ2n) is 8.51. The van der Waals surface area contributed by atoms with Crippen LogP contribution in [0.1, 0.15) is 67.6 Å². The van der Waals surface area contributed by atoms with Crippen LogP contribution in [0, 0.1) is 0 Å². The molecule has 0 bridgehead atoms. The second-order valence-corrected chi connectivity index (χ2v) is 8.51. The molecule has 0 unspecified atom stereocenters. The average Bonchev–Trinajstić information content (AvgIpc) is 2.77. The minimum atomic E-state index is -0.609. The third-order valence-electron chi connectivity index (χ3n) is 5.80. The van der Waals surface area contributed by atoms with Crippen LogP contribution in [0.2, 0.25) is 0 Å². The number of Topliss-reactive ketones (excluding diaryl/α,β-unsaturated/α-hetero) is 1. The fourth-order valence-corrected chi connectivity index (χ4v) is 3.98. The molecule has 6 nitrogen and oxygen atoms in total. The van der Waals surface area contributed by atoms with Crippen LogP contribution in [-0.4, -0.2) is 30.2 Å². The lowest BCUT2D eigenvalue weighted by atomic mass is 9.90. The second kappa shape index (κ2) is 10.5. The molecule has 3 rings (SSSR count). The van der Waals surface area contributed by atoms with E-state index in [9.17, 15) is 15.0 Å². The first-order chi connectivity index (χ1) is 15.7. The molecule has 0 fully saturated rings. The van der Waals surface area contributed by atoms with Crippen molar-refractivity contribution < 1.29 is 29.2 Å². The Bertz CT molecular complexity index is 1090. The number of aromatic hydroxyl groups is 2. The lowest BCUT2D eigenvalue weighted by molar-refractivity contribution is 0.0843. The Balaban J connectivity index is 1.95. The van der Waals surface area contributed by atoms with E-state index in [2.05, 4.69) is 32.9 Å². The molecule has 0 radical (unpaired) electrons. The number of carbonyl (C=O) groups excluding carboxylic acids is 1. The van der Waals surface area contributed by atoms with Crippen LogP contribution in [0.3, 0.4) is 0 Å². The smallest absolute Gasteiger partial charge is 0.174 e. The number of rotatable bonds is 8. The van der Waals surface area contributed by atoms with E-state index in [-0.39, 0.29) is 35.0 Å². The van der Waals surface area contributed by atoms with Crippen LogP contribution in [0.15, 0.2) is 47.6 Å². The maximum absolute atomic E-state index is 12.9. The standard InChI is InChI=1S/C27H32O6/c1-16(2)7-6-8-17(3)9-10-20-19(11-12-23(32-5)27(20)30)24-15-22(29)26-21(28)13-18(31-4)14-25(26)33-24/h7,9,11-14,24,28,30H,6,8,10,15H2,1-5H3/t24-/m0/s1. The van der Waals surface area contributed by atoms with Crippen LogP contribution >= 0.6 is 0 Å². The van der Waals surface area contributed by atoms with Gasteiger partial charge in [-0.1, -0.05) is 29.4 Å². The van der Waals surface area contributed by atoms with Crippen molar-refractivity contribution in [2.75, 3.05) is 14.2 Å². The van der Waals surface area contributed by atoms with Gasteiger partial charge in [0.05, 0.1) is 20.6 Å². The summed E-state index contributed by atoms with van der Waals surface area (Å²) in [6.07, 6.45) is 6.10. The number of fused-ring (bicyclic) bond motifs is 1. The maximum atomic E-state index is 12.9. The molecule has 0 saturated heterocycles. The molecule has 0 saturated carbocycles.